The van der Waals surface area contributed by atoms with Gasteiger partial charge >= 0.3 is 0 Å². The fourth-order valence-corrected chi connectivity index (χ4v) is 3.77. The Kier molecular flexibility index (Phi) is 6.74. The third kappa shape index (κ3) is 4.82. The molecule has 27 heavy (non-hydrogen) atoms. The van der Waals surface area contributed by atoms with Crippen LogP contribution >= 0.6 is 12.4 Å². The minimum atomic E-state index is -0.199. The highest BCUT2D eigenvalue weighted by Gasteiger charge is 2.20. The average Bonchev–Trinajstić information content (AvgIpc) is 3.36. The number of carbonyl (C=O) groups excluding carboxylic acids is 1. The molecular formula is C20H27ClN4O2. The summed E-state index contributed by atoms with van der Waals surface area (Å²) in [6.07, 6.45) is 8.98. The number of para-hydroxylation sites is 2. The van der Waals surface area contributed by atoms with Gasteiger partial charge < -0.3 is 15.4 Å². The number of piperidine rings is 1. The average molecular weight is 391 g/mol. The van der Waals surface area contributed by atoms with Gasteiger partial charge in [-0.2, -0.15) is 5.10 Å². The van der Waals surface area contributed by atoms with Gasteiger partial charge in [0.2, 0.25) is 0 Å². The molecule has 2 N–H and O–H groups in total. The molecule has 0 radical (unpaired) electrons. The number of amides is 1. The van der Waals surface area contributed by atoms with Crippen LogP contribution < -0.4 is 15.4 Å². The summed E-state index contributed by atoms with van der Waals surface area (Å²) in [5.74, 6) is 0.540. The fraction of sp³-hybridized carbons (Fsp3) is 0.500. The van der Waals surface area contributed by atoms with E-state index < -0.39 is 0 Å². The molecule has 1 aromatic carbocycles. The molecule has 2 heterocycles. The number of anilines is 1. The van der Waals surface area contributed by atoms with Crippen LogP contribution in [-0.4, -0.2) is 34.9 Å². The van der Waals surface area contributed by atoms with E-state index in [1.165, 1.54) is 12.8 Å². The minimum Gasteiger partial charge on any atom is -0.488 e. The summed E-state index contributed by atoms with van der Waals surface area (Å²) >= 11 is 0. The van der Waals surface area contributed by atoms with Crippen LogP contribution in [0.5, 0.6) is 5.75 Å². The molecule has 0 bridgehead atoms. The fourth-order valence-electron chi connectivity index (χ4n) is 3.77. The van der Waals surface area contributed by atoms with Crippen molar-refractivity contribution in [3.8, 4) is 5.75 Å². The number of hydrogen-bond donors (Lipinski definition) is 2. The minimum absolute atomic E-state index is 0. The van der Waals surface area contributed by atoms with Crippen molar-refractivity contribution in [1.29, 1.82) is 0 Å². The highest BCUT2D eigenvalue weighted by molar-refractivity contribution is 6.03. The van der Waals surface area contributed by atoms with E-state index in [2.05, 4.69) is 15.7 Å². The monoisotopic (exact) mass is 390 g/mol. The number of carbonyl (C=O) groups is 1. The van der Waals surface area contributed by atoms with Crippen LogP contribution in [0.1, 0.15) is 55.1 Å². The van der Waals surface area contributed by atoms with Gasteiger partial charge in [0.05, 0.1) is 17.8 Å². The van der Waals surface area contributed by atoms with E-state index in [0.29, 0.717) is 17.4 Å². The van der Waals surface area contributed by atoms with Gasteiger partial charge in [-0.1, -0.05) is 12.1 Å². The van der Waals surface area contributed by atoms with Crippen LogP contribution in [-0.2, 0) is 0 Å². The number of hydrogen-bond acceptors (Lipinski definition) is 4. The lowest BCUT2D eigenvalue weighted by Crippen LogP contribution is -2.32. The first kappa shape index (κ1) is 19.7. The zero-order valence-electron chi connectivity index (χ0n) is 15.4. The highest BCUT2D eigenvalue weighted by Crippen LogP contribution is 2.30. The summed E-state index contributed by atoms with van der Waals surface area (Å²) in [6, 6.07) is 9.74. The molecule has 4 rings (SSSR count). The second-order valence-corrected chi connectivity index (χ2v) is 7.16. The number of aromatic nitrogens is 2. The highest BCUT2D eigenvalue weighted by atomic mass is 35.5. The molecule has 6 nitrogen and oxygen atoms in total. The number of rotatable bonds is 5. The van der Waals surface area contributed by atoms with Gasteiger partial charge in [0, 0.05) is 12.7 Å². The van der Waals surface area contributed by atoms with E-state index in [4.69, 9.17) is 4.74 Å². The number of nitrogens with zero attached hydrogens (tertiary/aromatic N) is 2. The molecule has 146 valence electrons. The molecular weight excluding hydrogens is 364 g/mol. The van der Waals surface area contributed by atoms with Crippen LogP contribution in [0.2, 0.25) is 0 Å². The largest absolute Gasteiger partial charge is 0.488 e. The lowest BCUT2D eigenvalue weighted by Gasteiger charge is -2.22. The maximum atomic E-state index is 12.6. The second kappa shape index (κ2) is 9.24. The quantitative estimate of drug-likeness (QED) is 0.814. The Morgan fingerprint density at radius 3 is 2.74 bits per heavy atom. The molecule has 1 aliphatic carbocycles. The normalized spacial score (nSPS) is 20.1. The molecule has 1 aliphatic heterocycles. The first-order valence-corrected chi connectivity index (χ1v) is 9.62. The lowest BCUT2D eigenvalue weighted by atomic mass is 10.1. The van der Waals surface area contributed by atoms with E-state index >= 15 is 0 Å². The zero-order valence-corrected chi connectivity index (χ0v) is 16.2. The van der Waals surface area contributed by atoms with E-state index in [-0.39, 0.29) is 24.4 Å². The van der Waals surface area contributed by atoms with Crippen LogP contribution in [0.3, 0.4) is 0 Å². The Hall–Kier alpha value is -2.05. The van der Waals surface area contributed by atoms with Crippen LogP contribution in [0.4, 0.5) is 5.69 Å². The van der Waals surface area contributed by atoms with Crippen molar-refractivity contribution in [2.45, 2.75) is 50.7 Å². The predicted molar refractivity (Wildman–Crippen MR) is 108 cm³/mol. The van der Waals surface area contributed by atoms with Gasteiger partial charge in [-0.15, -0.1) is 12.4 Å². The number of nitrogens with one attached hydrogen (secondary N) is 2. The molecule has 7 heteroatoms. The van der Waals surface area contributed by atoms with Crippen LogP contribution in [0.15, 0.2) is 36.5 Å². The van der Waals surface area contributed by atoms with E-state index in [1.807, 2.05) is 35.1 Å². The Morgan fingerprint density at radius 2 is 1.96 bits per heavy atom. The summed E-state index contributed by atoms with van der Waals surface area (Å²) in [7, 11) is 0. The van der Waals surface area contributed by atoms with Crippen molar-refractivity contribution in [1.82, 2.24) is 15.1 Å². The summed E-state index contributed by atoms with van der Waals surface area (Å²) in [5.41, 5.74) is 1.14. The van der Waals surface area contributed by atoms with E-state index in [1.54, 1.807) is 6.07 Å². The van der Waals surface area contributed by atoms with Gasteiger partial charge in [0.15, 0.2) is 5.69 Å². The first-order chi connectivity index (χ1) is 12.8. The van der Waals surface area contributed by atoms with Crippen molar-refractivity contribution in [2.24, 2.45) is 0 Å². The first-order valence-electron chi connectivity index (χ1n) is 9.62. The number of ether oxygens (including phenoxy) is 1. The van der Waals surface area contributed by atoms with Crippen molar-refractivity contribution >= 4 is 24.0 Å². The summed E-state index contributed by atoms with van der Waals surface area (Å²) in [6.45, 7) is 1.96. The Bertz CT molecular complexity index is 752. The number of benzene rings is 1. The van der Waals surface area contributed by atoms with Crippen molar-refractivity contribution in [3.05, 3.63) is 42.2 Å². The molecule has 1 saturated carbocycles. The maximum absolute atomic E-state index is 12.6. The van der Waals surface area contributed by atoms with E-state index in [9.17, 15) is 4.79 Å². The van der Waals surface area contributed by atoms with Gasteiger partial charge in [0.1, 0.15) is 5.75 Å². The molecule has 1 aromatic heterocycles. The van der Waals surface area contributed by atoms with Crippen LogP contribution in [0.25, 0.3) is 0 Å². The van der Waals surface area contributed by atoms with Gasteiger partial charge in [-0.3, -0.25) is 9.48 Å². The van der Waals surface area contributed by atoms with Gasteiger partial charge in [-0.25, -0.2) is 0 Å². The Balaban J connectivity index is 0.00000210. The molecule has 1 atom stereocenters. The molecule has 1 unspecified atom stereocenters. The van der Waals surface area contributed by atoms with Crippen molar-refractivity contribution < 1.29 is 9.53 Å². The zero-order chi connectivity index (χ0) is 17.8. The second-order valence-electron chi connectivity index (χ2n) is 7.16. The predicted octanol–water partition coefficient (Wildman–Crippen LogP) is 3.80. The molecule has 2 fully saturated rings. The topological polar surface area (TPSA) is 68.2 Å². The van der Waals surface area contributed by atoms with Gasteiger partial charge in [0.25, 0.3) is 5.91 Å². The molecule has 1 amide bonds. The van der Waals surface area contributed by atoms with Crippen LogP contribution in [0, 0.1) is 0 Å². The smallest absolute Gasteiger partial charge is 0.276 e. The third-order valence-electron chi connectivity index (χ3n) is 5.22. The molecule has 0 spiro atoms. The maximum Gasteiger partial charge on any atom is 0.276 e. The molecule has 1 saturated heterocycles. The lowest BCUT2D eigenvalue weighted by molar-refractivity contribution is 0.102. The summed E-state index contributed by atoms with van der Waals surface area (Å²) < 4.78 is 8.00. The van der Waals surface area contributed by atoms with Crippen molar-refractivity contribution in [2.75, 3.05) is 18.4 Å². The number of halogens is 1. The van der Waals surface area contributed by atoms with E-state index in [0.717, 1.165) is 44.5 Å². The third-order valence-corrected chi connectivity index (χ3v) is 5.22. The molecule has 2 aliphatic rings. The van der Waals surface area contributed by atoms with Gasteiger partial charge in [-0.05, 0) is 63.3 Å². The summed E-state index contributed by atoms with van der Waals surface area (Å²) in [5, 5.41) is 10.8. The Morgan fingerprint density at radius 1 is 1.15 bits per heavy atom. The Labute approximate surface area is 166 Å². The summed E-state index contributed by atoms with van der Waals surface area (Å²) in [4.78, 5) is 12.6. The standard InChI is InChI=1S/C20H26N4O2.ClH/c25-20(18-11-13-24(23-18)15-6-5-12-21-14-15)22-17-9-3-4-10-19(17)26-16-7-1-2-8-16;/h3-4,9-11,13,15-16,21H,1-2,5-8,12,14H2,(H,22,25);1H. The molecule has 2 aromatic rings. The van der Waals surface area contributed by atoms with Crippen molar-refractivity contribution in [3.63, 3.8) is 0 Å². The SMILES string of the molecule is Cl.O=C(Nc1ccccc1OC1CCCC1)c1ccn(C2CCCNC2)n1.